The number of sulfonamides is 1. The fourth-order valence-electron chi connectivity index (χ4n) is 3.06. The van der Waals surface area contributed by atoms with Crippen LogP contribution >= 0.6 is 11.6 Å². The fourth-order valence-corrected chi connectivity index (χ4v) is 4.82. The van der Waals surface area contributed by atoms with Crippen molar-refractivity contribution in [1.29, 1.82) is 0 Å². The van der Waals surface area contributed by atoms with Crippen LogP contribution in [0.2, 0.25) is 5.02 Å². The zero-order valence-electron chi connectivity index (χ0n) is 15.9. The molecular formula is C19H19ClF2N4O2S. The van der Waals surface area contributed by atoms with Gasteiger partial charge in [0.2, 0.25) is 16.0 Å². The Labute approximate surface area is 172 Å². The maximum Gasteiger partial charge on any atom is 0.239 e. The Morgan fingerprint density at radius 1 is 1.38 bits per heavy atom. The summed E-state index contributed by atoms with van der Waals surface area (Å²) in [4.78, 5) is 8.16. The maximum atomic E-state index is 14.7. The van der Waals surface area contributed by atoms with E-state index in [2.05, 4.69) is 9.98 Å². The third-order valence-corrected chi connectivity index (χ3v) is 6.87. The van der Waals surface area contributed by atoms with Gasteiger partial charge in [0.25, 0.3) is 0 Å². The maximum absolute atomic E-state index is 14.7. The van der Waals surface area contributed by atoms with E-state index >= 15 is 0 Å². The number of benzene rings is 1. The van der Waals surface area contributed by atoms with Gasteiger partial charge in [-0.3, -0.25) is 4.98 Å². The highest BCUT2D eigenvalue weighted by Gasteiger charge is 2.41. The van der Waals surface area contributed by atoms with Gasteiger partial charge in [-0.25, -0.2) is 26.5 Å². The van der Waals surface area contributed by atoms with Crippen LogP contribution in [0.4, 0.5) is 8.78 Å². The molecule has 0 saturated heterocycles. The number of pyridine rings is 1. The van der Waals surface area contributed by atoms with Gasteiger partial charge in [0.1, 0.15) is 17.1 Å². The van der Waals surface area contributed by atoms with Crippen LogP contribution < -0.4 is 5.73 Å². The molecule has 1 atom stereocenters. The molecule has 2 aromatic rings. The van der Waals surface area contributed by atoms with Crippen LogP contribution in [-0.2, 0) is 15.6 Å². The number of rotatable bonds is 3. The molecule has 2 N–H and O–H groups in total. The molecule has 3 rings (SSSR count). The van der Waals surface area contributed by atoms with Crippen molar-refractivity contribution >= 4 is 39.5 Å². The predicted octanol–water partition coefficient (Wildman–Crippen LogP) is 3.46. The van der Waals surface area contributed by atoms with Crippen molar-refractivity contribution in [1.82, 2.24) is 9.29 Å². The lowest BCUT2D eigenvalue weighted by molar-refractivity contribution is 0.458. The molecule has 1 aliphatic rings. The Bertz CT molecular complexity index is 1150. The minimum absolute atomic E-state index is 0.0124. The number of aliphatic imine (C=N–C) groups is 1. The first-order valence-electron chi connectivity index (χ1n) is 8.55. The van der Waals surface area contributed by atoms with Crippen LogP contribution in [-0.4, -0.2) is 36.5 Å². The van der Waals surface area contributed by atoms with Crippen LogP contribution in [0.5, 0.6) is 0 Å². The van der Waals surface area contributed by atoms with Crippen LogP contribution in [0.1, 0.15) is 29.3 Å². The quantitative estimate of drug-likeness (QED) is 0.791. The molecule has 2 heterocycles. The predicted molar refractivity (Wildman–Crippen MR) is 110 cm³/mol. The fraction of sp³-hybridized carbons (Fsp3) is 0.263. The molecule has 1 aromatic carbocycles. The smallest absolute Gasteiger partial charge is 0.239 e. The number of nitrogens with two attached hydrogens (primary N) is 1. The van der Waals surface area contributed by atoms with Gasteiger partial charge in [0.15, 0.2) is 5.83 Å². The molecule has 1 aliphatic heterocycles. The molecule has 0 unspecified atom stereocenters. The van der Waals surface area contributed by atoms with Gasteiger partial charge in [-0.2, -0.15) is 0 Å². The Hall–Kier alpha value is -2.52. The topological polar surface area (TPSA) is 88.7 Å². The van der Waals surface area contributed by atoms with Gasteiger partial charge in [0, 0.05) is 18.8 Å². The summed E-state index contributed by atoms with van der Waals surface area (Å²) >= 11 is 6.05. The van der Waals surface area contributed by atoms with Crippen LogP contribution in [0.15, 0.2) is 35.5 Å². The van der Waals surface area contributed by atoms with Crippen molar-refractivity contribution in [3.05, 3.63) is 63.7 Å². The lowest BCUT2D eigenvalue weighted by atomic mass is 9.92. The first kappa shape index (κ1) is 21.2. The molecule has 0 saturated carbocycles. The van der Waals surface area contributed by atoms with E-state index in [1.54, 1.807) is 13.0 Å². The molecule has 0 amide bonds. The van der Waals surface area contributed by atoms with Gasteiger partial charge in [-0.1, -0.05) is 17.7 Å². The normalized spacial score (nSPS) is 21.8. The first-order chi connectivity index (χ1) is 13.4. The van der Waals surface area contributed by atoms with Crippen molar-refractivity contribution in [3.63, 3.8) is 0 Å². The highest BCUT2D eigenvalue weighted by molar-refractivity contribution is 7.89. The number of hydrogen-bond donors (Lipinski definition) is 1. The average molecular weight is 441 g/mol. The highest BCUT2D eigenvalue weighted by atomic mass is 35.5. The minimum atomic E-state index is -3.78. The molecule has 1 aromatic heterocycles. The SMILES string of the molecule is Cc1cnc(/C(F)=C/c2ccc(F)c([C@]3(C)CS(=O)(=O)N(C)C(N)=N3)c2)c(Cl)c1. The zero-order valence-corrected chi connectivity index (χ0v) is 17.5. The van der Waals surface area contributed by atoms with E-state index in [0.717, 1.165) is 22.0 Å². The second-order valence-corrected chi connectivity index (χ2v) is 9.45. The van der Waals surface area contributed by atoms with E-state index in [-0.39, 0.29) is 22.2 Å². The molecule has 154 valence electrons. The molecule has 0 radical (unpaired) electrons. The summed E-state index contributed by atoms with van der Waals surface area (Å²) in [6, 6.07) is 5.41. The Morgan fingerprint density at radius 2 is 2.07 bits per heavy atom. The molecule has 0 spiro atoms. The molecule has 0 bridgehead atoms. The second kappa shape index (κ2) is 7.38. The molecule has 10 heteroatoms. The third kappa shape index (κ3) is 4.11. The van der Waals surface area contributed by atoms with E-state index in [1.165, 1.54) is 32.3 Å². The molecule has 0 aliphatic carbocycles. The number of aromatic nitrogens is 1. The Balaban J connectivity index is 2.07. The largest absolute Gasteiger partial charge is 0.369 e. The second-order valence-electron chi connectivity index (χ2n) is 7.04. The average Bonchev–Trinajstić information content (AvgIpc) is 2.60. The van der Waals surface area contributed by atoms with Gasteiger partial charge < -0.3 is 5.73 Å². The summed E-state index contributed by atoms with van der Waals surface area (Å²) in [5, 5.41) is 0.145. The lowest BCUT2D eigenvalue weighted by Crippen LogP contribution is -2.50. The van der Waals surface area contributed by atoms with Crippen molar-refractivity contribution < 1.29 is 17.2 Å². The van der Waals surface area contributed by atoms with Gasteiger partial charge in [-0.15, -0.1) is 0 Å². The number of nitrogens with zero attached hydrogens (tertiary/aromatic N) is 3. The number of guanidine groups is 1. The minimum Gasteiger partial charge on any atom is -0.369 e. The molecular weight excluding hydrogens is 422 g/mol. The Morgan fingerprint density at radius 3 is 2.69 bits per heavy atom. The summed E-state index contributed by atoms with van der Waals surface area (Å²) in [5.41, 5.74) is 5.28. The number of aryl methyl sites for hydroxylation is 1. The number of hydrogen-bond acceptors (Lipinski definition) is 5. The first-order valence-corrected chi connectivity index (χ1v) is 10.5. The van der Waals surface area contributed by atoms with E-state index in [1.807, 2.05) is 0 Å². The number of halogens is 3. The molecule has 0 fully saturated rings. The summed E-state index contributed by atoms with van der Waals surface area (Å²) in [5.74, 6) is -2.11. The van der Waals surface area contributed by atoms with Crippen LogP contribution in [0.3, 0.4) is 0 Å². The monoisotopic (exact) mass is 440 g/mol. The molecule has 29 heavy (non-hydrogen) atoms. The Kier molecular flexibility index (Phi) is 5.40. The van der Waals surface area contributed by atoms with Crippen LogP contribution in [0, 0.1) is 12.7 Å². The molecule has 6 nitrogen and oxygen atoms in total. The van der Waals surface area contributed by atoms with Crippen molar-refractivity contribution in [2.24, 2.45) is 10.7 Å². The van der Waals surface area contributed by atoms with E-state index in [0.29, 0.717) is 5.56 Å². The summed E-state index contributed by atoms with van der Waals surface area (Å²) in [6.45, 7) is 3.24. The summed E-state index contributed by atoms with van der Waals surface area (Å²) < 4.78 is 54.8. The van der Waals surface area contributed by atoms with E-state index in [9.17, 15) is 17.2 Å². The van der Waals surface area contributed by atoms with Crippen LogP contribution in [0.25, 0.3) is 11.9 Å². The van der Waals surface area contributed by atoms with Crippen molar-refractivity contribution in [3.8, 4) is 0 Å². The third-order valence-electron chi connectivity index (χ3n) is 4.63. The van der Waals surface area contributed by atoms with Gasteiger partial charge in [-0.05, 0) is 49.2 Å². The van der Waals surface area contributed by atoms with Gasteiger partial charge in [0.05, 0.1) is 10.8 Å². The van der Waals surface area contributed by atoms with Crippen molar-refractivity contribution in [2.75, 3.05) is 12.8 Å². The summed E-state index contributed by atoms with van der Waals surface area (Å²) in [7, 11) is -2.50. The van der Waals surface area contributed by atoms with Gasteiger partial charge >= 0.3 is 0 Å². The highest BCUT2D eigenvalue weighted by Crippen LogP contribution is 2.35. The van der Waals surface area contributed by atoms with Crippen molar-refractivity contribution in [2.45, 2.75) is 19.4 Å². The zero-order chi connectivity index (χ0) is 21.6. The summed E-state index contributed by atoms with van der Waals surface area (Å²) in [6.07, 6.45) is 2.62. The lowest BCUT2D eigenvalue weighted by Gasteiger charge is -2.34. The van der Waals surface area contributed by atoms with E-state index in [4.69, 9.17) is 17.3 Å². The standard InChI is InChI=1S/C19H19ClF2N4O2S/c1-11-6-14(20)17(24-9-11)16(22)8-12-4-5-15(21)13(7-12)19(2)10-29(27,28)26(3)18(23)25-19/h4-9H,10H2,1-3H3,(H2,23,25)/b16-8-/t19-/m0/s1. The van der Waals surface area contributed by atoms with E-state index < -0.39 is 33.0 Å².